The molecule has 0 atom stereocenters. The van der Waals surface area contributed by atoms with Gasteiger partial charge in [-0.3, -0.25) is 0 Å². The SMILES string of the molecule is Cn1cnc2c(C3(N=C=O)CC3)cccc21. The van der Waals surface area contributed by atoms with Gasteiger partial charge in [0.1, 0.15) is 5.54 Å². The Morgan fingerprint density at radius 1 is 1.50 bits per heavy atom. The average Bonchev–Trinajstić information content (AvgIpc) is 2.98. The minimum Gasteiger partial charge on any atom is -0.334 e. The van der Waals surface area contributed by atoms with Gasteiger partial charge in [-0.1, -0.05) is 12.1 Å². The molecule has 0 aliphatic heterocycles. The molecule has 1 aliphatic rings. The molecule has 0 spiro atoms. The molecule has 0 bridgehead atoms. The van der Waals surface area contributed by atoms with E-state index in [4.69, 9.17) is 0 Å². The molecule has 0 amide bonds. The van der Waals surface area contributed by atoms with E-state index in [9.17, 15) is 4.79 Å². The van der Waals surface area contributed by atoms with Gasteiger partial charge in [0, 0.05) is 12.6 Å². The van der Waals surface area contributed by atoms with E-state index >= 15 is 0 Å². The molecule has 0 radical (unpaired) electrons. The van der Waals surface area contributed by atoms with Gasteiger partial charge in [-0.05, 0) is 18.9 Å². The number of imidazole rings is 1. The molecule has 1 aromatic heterocycles. The van der Waals surface area contributed by atoms with Crippen molar-refractivity contribution in [1.82, 2.24) is 9.55 Å². The highest BCUT2D eigenvalue weighted by atomic mass is 16.1. The first-order valence-electron chi connectivity index (χ1n) is 5.26. The fraction of sp³-hybridized carbons (Fsp3) is 0.333. The molecule has 4 nitrogen and oxygen atoms in total. The van der Waals surface area contributed by atoms with Crippen LogP contribution in [0.3, 0.4) is 0 Å². The Morgan fingerprint density at radius 3 is 3.00 bits per heavy atom. The van der Waals surface area contributed by atoms with Gasteiger partial charge in [-0.25, -0.2) is 9.78 Å². The predicted molar refractivity (Wildman–Crippen MR) is 59.7 cm³/mol. The lowest BCUT2D eigenvalue weighted by Gasteiger charge is -2.08. The summed E-state index contributed by atoms with van der Waals surface area (Å²) in [5.41, 5.74) is 2.73. The number of aryl methyl sites for hydroxylation is 1. The largest absolute Gasteiger partial charge is 0.334 e. The molecule has 1 aliphatic carbocycles. The predicted octanol–water partition coefficient (Wildman–Crippen LogP) is 1.90. The summed E-state index contributed by atoms with van der Waals surface area (Å²) in [6.45, 7) is 0. The van der Waals surface area contributed by atoms with Crippen molar-refractivity contribution in [3.05, 3.63) is 30.1 Å². The molecule has 1 heterocycles. The third-order valence-electron chi connectivity index (χ3n) is 3.24. The quantitative estimate of drug-likeness (QED) is 0.565. The lowest BCUT2D eigenvalue weighted by Crippen LogP contribution is -2.03. The van der Waals surface area contributed by atoms with Crippen LogP contribution < -0.4 is 0 Å². The zero-order valence-electron chi connectivity index (χ0n) is 8.97. The van der Waals surface area contributed by atoms with Crippen LogP contribution in [0.2, 0.25) is 0 Å². The Bertz CT molecular complexity index is 604. The van der Waals surface area contributed by atoms with Crippen LogP contribution in [-0.2, 0) is 17.4 Å². The number of nitrogens with zero attached hydrogens (tertiary/aromatic N) is 3. The highest BCUT2D eigenvalue weighted by Gasteiger charge is 2.46. The lowest BCUT2D eigenvalue weighted by molar-refractivity contribution is 0.556. The normalized spacial score (nSPS) is 17.1. The molecule has 0 unspecified atom stereocenters. The van der Waals surface area contributed by atoms with Gasteiger partial charge in [0.05, 0.1) is 17.4 Å². The first-order chi connectivity index (χ1) is 7.77. The van der Waals surface area contributed by atoms with E-state index < -0.39 is 0 Å². The van der Waals surface area contributed by atoms with Crippen molar-refractivity contribution in [2.45, 2.75) is 18.4 Å². The van der Waals surface area contributed by atoms with Crippen molar-refractivity contribution in [3.63, 3.8) is 0 Å². The van der Waals surface area contributed by atoms with Crippen LogP contribution in [0.4, 0.5) is 0 Å². The minimum absolute atomic E-state index is 0.338. The number of hydrogen-bond donors (Lipinski definition) is 0. The van der Waals surface area contributed by atoms with Gasteiger partial charge in [-0.15, -0.1) is 0 Å². The number of carbonyl (C=O) groups excluding carboxylic acids is 1. The van der Waals surface area contributed by atoms with E-state index in [1.807, 2.05) is 29.8 Å². The molecule has 80 valence electrons. The van der Waals surface area contributed by atoms with Gasteiger partial charge < -0.3 is 4.57 Å². The molecule has 4 heteroatoms. The van der Waals surface area contributed by atoms with Gasteiger partial charge in [0.2, 0.25) is 6.08 Å². The number of hydrogen-bond acceptors (Lipinski definition) is 3. The van der Waals surface area contributed by atoms with Gasteiger partial charge in [0.25, 0.3) is 0 Å². The Morgan fingerprint density at radius 2 is 2.31 bits per heavy atom. The maximum absolute atomic E-state index is 10.5. The second kappa shape index (κ2) is 3.03. The van der Waals surface area contributed by atoms with Crippen molar-refractivity contribution in [2.24, 2.45) is 12.0 Å². The number of aliphatic imine (C=N–C) groups is 1. The summed E-state index contributed by atoms with van der Waals surface area (Å²) in [6.07, 6.45) is 5.30. The highest BCUT2D eigenvalue weighted by Crippen LogP contribution is 2.50. The van der Waals surface area contributed by atoms with Crippen molar-refractivity contribution >= 4 is 17.1 Å². The Kier molecular flexibility index (Phi) is 1.76. The topological polar surface area (TPSA) is 47.2 Å². The van der Waals surface area contributed by atoms with Crippen molar-refractivity contribution < 1.29 is 4.79 Å². The van der Waals surface area contributed by atoms with Crippen LogP contribution in [0.25, 0.3) is 11.0 Å². The molecule has 3 rings (SSSR count). The van der Waals surface area contributed by atoms with Crippen molar-refractivity contribution in [3.8, 4) is 0 Å². The number of isocyanates is 1. The molecule has 1 saturated carbocycles. The van der Waals surface area contributed by atoms with Crippen LogP contribution in [0.15, 0.2) is 29.5 Å². The van der Waals surface area contributed by atoms with E-state index in [1.54, 1.807) is 12.4 Å². The summed E-state index contributed by atoms with van der Waals surface area (Å²) in [7, 11) is 1.96. The standard InChI is InChI=1S/C12H11N3O/c1-15-7-13-11-9(3-2-4-10(11)15)12(5-6-12)14-8-16/h2-4,7H,5-6H2,1H3. The Balaban J connectivity index is 2.28. The second-order valence-electron chi connectivity index (χ2n) is 4.26. The van der Waals surface area contributed by atoms with Crippen LogP contribution in [0.1, 0.15) is 18.4 Å². The number of aromatic nitrogens is 2. The van der Waals surface area contributed by atoms with Crippen LogP contribution in [-0.4, -0.2) is 15.6 Å². The molecular weight excluding hydrogens is 202 g/mol. The van der Waals surface area contributed by atoms with E-state index in [-0.39, 0.29) is 5.54 Å². The molecule has 2 aromatic rings. The minimum atomic E-state index is -0.338. The molecule has 16 heavy (non-hydrogen) atoms. The van der Waals surface area contributed by atoms with E-state index in [2.05, 4.69) is 9.98 Å². The highest BCUT2D eigenvalue weighted by molar-refractivity contribution is 5.80. The summed E-state index contributed by atoms with van der Waals surface area (Å²) < 4.78 is 1.97. The summed E-state index contributed by atoms with van der Waals surface area (Å²) in [6, 6.07) is 6.01. The fourth-order valence-electron chi connectivity index (χ4n) is 2.18. The third-order valence-corrected chi connectivity index (χ3v) is 3.24. The van der Waals surface area contributed by atoms with Gasteiger partial charge >= 0.3 is 0 Å². The molecule has 1 fully saturated rings. The van der Waals surface area contributed by atoms with Crippen molar-refractivity contribution in [1.29, 1.82) is 0 Å². The fourth-order valence-corrected chi connectivity index (χ4v) is 2.18. The number of para-hydroxylation sites is 1. The summed E-state index contributed by atoms with van der Waals surface area (Å²) in [5, 5.41) is 0. The maximum Gasteiger partial charge on any atom is 0.235 e. The van der Waals surface area contributed by atoms with Crippen LogP contribution in [0.5, 0.6) is 0 Å². The van der Waals surface area contributed by atoms with E-state index in [1.165, 1.54) is 0 Å². The smallest absolute Gasteiger partial charge is 0.235 e. The van der Waals surface area contributed by atoms with E-state index in [0.717, 1.165) is 29.4 Å². The van der Waals surface area contributed by atoms with Crippen molar-refractivity contribution in [2.75, 3.05) is 0 Å². The second-order valence-corrected chi connectivity index (χ2v) is 4.26. The number of benzene rings is 1. The van der Waals surface area contributed by atoms with Gasteiger partial charge in [-0.2, -0.15) is 4.99 Å². The Hall–Kier alpha value is -1.93. The number of rotatable bonds is 2. The zero-order chi connectivity index (χ0) is 11.2. The molecular formula is C12H11N3O. The van der Waals surface area contributed by atoms with Crippen LogP contribution >= 0.6 is 0 Å². The molecule has 0 N–H and O–H groups in total. The first-order valence-corrected chi connectivity index (χ1v) is 5.26. The maximum atomic E-state index is 10.5. The molecule has 1 aromatic carbocycles. The number of fused-ring (bicyclic) bond motifs is 1. The van der Waals surface area contributed by atoms with E-state index in [0.29, 0.717) is 0 Å². The van der Waals surface area contributed by atoms with Gasteiger partial charge in [0.15, 0.2) is 0 Å². The summed E-state index contributed by atoms with van der Waals surface area (Å²) >= 11 is 0. The Labute approximate surface area is 92.6 Å². The first kappa shape index (κ1) is 9.31. The molecule has 0 saturated heterocycles. The monoisotopic (exact) mass is 213 g/mol. The van der Waals surface area contributed by atoms with Crippen LogP contribution in [0, 0.1) is 0 Å². The summed E-state index contributed by atoms with van der Waals surface area (Å²) in [5.74, 6) is 0. The third kappa shape index (κ3) is 1.14. The average molecular weight is 213 g/mol. The lowest BCUT2D eigenvalue weighted by atomic mass is 10.0. The zero-order valence-corrected chi connectivity index (χ0v) is 8.97. The summed E-state index contributed by atoms with van der Waals surface area (Å²) in [4.78, 5) is 18.8.